The number of ether oxygens (including phenoxy) is 3. The van der Waals surface area contributed by atoms with Crippen LogP contribution < -0.4 is 14.8 Å². The molecule has 1 N–H and O–H groups in total. The predicted octanol–water partition coefficient (Wildman–Crippen LogP) is 4.53. The monoisotopic (exact) mass is 407 g/mol. The number of carbonyl (C=O) groups excluding carboxylic acids is 2. The van der Waals surface area contributed by atoms with Crippen molar-refractivity contribution in [2.24, 2.45) is 0 Å². The predicted molar refractivity (Wildman–Crippen MR) is 116 cm³/mol. The van der Waals surface area contributed by atoms with Crippen molar-refractivity contribution in [2.75, 3.05) is 25.6 Å². The van der Waals surface area contributed by atoms with Gasteiger partial charge in [-0.1, -0.05) is 36.4 Å². The smallest absolute Gasteiger partial charge is 0.313 e. The zero-order chi connectivity index (χ0) is 21.5. The summed E-state index contributed by atoms with van der Waals surface area (Å²) in [6, 6.07) is 18.6. The molecule has 3 rings (SSSR count). The third kappa shape index (κ3) is 5.08. The lowest BCUT2D eigenvalue weighted by atomic mass is 9.98. The molecule has 0 aliphatic carbocycles. The molecule has 0 unspecified atom stereocenters. The summed E-state index contributed by atoms with van der Waals surface area (Å²) in [7, 11) is 1.62. The molecule has 1 amide bonds. The van der Waals surface area contributed by atoms with Crippen LogP contribution in [-0.2, 0) is 14.3 Å². The highest BCUT2D eigenvalue weighted by molar-refractivity contribution is 5.94. The van der Waals surface area contributed by atoms with Crippen LogP contribution in [0, 0.1) is 0 Å². The van der Waals surface area contributed by atoms with Gasteiger partial charge in [0.25, 0.3) is 5.91 Å². The van der Waals surface area contributed by atoms with E-state index in [4.69, 9.17) is 14.2 Å². The highest BCUT2D eigenvalue weighted by Crippen LogP contribution is 2.26. The van der Waals surface area contributed by atoms with Gasteiger partial charge in [0.1, 0.15) is 11.5 Å². The van der Waals surface area contributed by atoms with E-state index in [2.05, 4.69) is 5.32 Å². The van der Waals surface area contributed by atoms with Crippen molar-refractivity contribution >= 4 is 28.3 Å². The first kappa shape index (κ1) is 21.2. The molecule has 0 bridgehead atoms. The molecule has 0 saturated heterocycles. The molecule has 1 atom stereocenters. The topological polar surface area (TPSA) is 73.9 Å². The summed E-state index contributed by atoms with van der Waals surface area (Å²) >= 11 is 0. The maximum Gasteiger partial charge on any atom is 0.313 e. The molecular formula is C24H25NO5. The quantitative estimate of drug-likeness (QED) is 0.555. The van der Waals surface area contributed by atoms with E-state index in [9.17, 15) is 9.59 Å². The normalized spacial score (nSPS) is 11.6. The SMILES string of the molecule is CCOc1ccccc1NC(=O)COC(=O)[C@@H](C)c1ccc2cc(OC)ccc2c1. The minimum Gasteiger partial charge on any atom is -0.497 e. The minimum atomic E-state index is -0.500. The van der Waals surface area contributed by atoms with Gasteiger partial charge in [0.15, 0.2) is 6.61 Å². The number of esters is 1. The van der Waals surface area contributed by atoms with Crippen molar-refractivity contribution in [1.82, 2.24) is 0 Å². The van der Waals surface area contributed by atoms with Gasteiger partial charge in [-0.2, -0.15) is 0 Å². The van der Waals surface area contributed by atoms with Gasteiger partial charge in [0.2, 0.25) is 0 Å². The summed E-state index contributed by atoms with van der Waals surface area (Å²) in [5.41, 5.74) is 1.36. The third-order valence-electron chi connectivity index (χ3n) is 4.73. The molecule has 0 radical (unpaired) electrons. The van der Waals surface area contributed by atoms with E-state index in [-0.39, 0.29) is 6.61 Å². The molecule has 3 aromatic rings. The lowest BCUT2D eigenvalue weighted by Gasteiger charge is -2.14. The first-order valence-electron chi connectivity index (χ1n) is 9.77. The fourth-order valence-corrected chi connectivity index (χ4v) is 3.07. The Hall–Kier alpha value is -3.54. The summed E-state index contributed by atoms with van der Waals surface area (Å²) < 4.78 is 15.9. The van der Waals surface area contributed by atoms with Gasteiger partial charge in [-0.3, -0.25) is 9.59 Å². The highest BCUT2D eigenvalue weighted by Gasteiger charge is 2.19. The average Bonchev–Trinajstić information content (AvgIpc) is 2.77. The van der Waals surface area contributed by atoms with Gasteiger partial charge >= 0.3 is 5.97 Å². The van der Waals surface area contributed by atoms with Gasteiger partial charge in [0.05, 0.1) is 25.3 Å². The van der Waals surface area contributed by atoms with Crippen LogP contribution in [0.25, 0.3) is 10.8 Å². The number of methoxy groups -OCH3 is 1. The molecule has 0 aliphatic rings. The number of amides is 1. The van der Waals surface area contributed by atoms with Crippen LogP contribution >= 0.6 is 0 Å². The molecular weight excluding hydrogens is 382 g/mol. The Bertz CT molecular complexity index is 1050. The minimum absolute atomic E-state index is 0.367. The Balaban J connectivity index is 1.60. The van der Waals surface area contributed by atoms with Gasteiger partial charge in [-0.15, -0.1) is 0 Å². The first-order valence-corrected chi connectivity index (χ1v) is 9.77. The van der Waals surface area contributed by atoms with E-state index in [1.54, 1.807) is 32.2 Å². The summed E-state index contributed by atoms with van der Waals surface area (Å²) in [5, 5.41) is 4.73. The van der Waals surface area contributed by atoms with E-state index >= 15 is 0 Å². The highest BCUT2D eigenvalue weighted by atomic mass is 16.5. The van der Waals surface area contributed by atoms with Gasteiger partial charge in [-0.05, 0) is 54.4 Å². The van der Waals surface area contributed by atoms with Crippen LogP contribution in [0.5, 0.6) is 11.5 Å². The van der Waals surface area contributed by atoms with Gasteiger partial charge in [0, 0.05) is 0 Å². The molecule has 0 aromatic heterocycles. The fourth-order valence-electron chi connectivity index (χ4n) is 3.07. The number of fused-ring (bicyclic) bond motifs is 1. The van der Waals surface area contributed by atoms with Crippen molar-refractivity contribution in [2.45, 2.75) is 19.8 Å². The molecule has 0 spiro atoms. The van der Waals surface area contributed by atoms with E-state index < -0.39 is 17.8 Å². The maximum atomic E-state index is 12.5. The molecule has 0 aliphatic heterocycles. The summed E-state index contributed by atoms with van der Waals surface area (Å²) in [5.74, 6) is -0.0371. The number of hydrogen-bond donors (Lipinski definition) is 1. The fraction of sp³-hybridized carbons (Fsp3) is 0.250. The second kappa shape index (κ2) is 9.78. The summed E-state index contributed by atoms with van der Waals surface area (Å²) in [6.07, 6.45) is 0. The molecule has 3 aromatic carbocycles. The number of para-hydroxylation sites is 2. The third-order valence-corrected chi connectivity index (χ3v) is 4.73. The van der Waals surface area contributed by atoms with Crippen LogP contribution in [-0.4, -0.2) is 32.2 Å². The van der Waals surface area contributed by atoms with Crippen molar-refractivity contribution in [1.29, 1.82) is 0 Å². The van der Waals surface area contributed by atoms with E-state index in [1.165, 1.54) is 0 Å². The van der Waals surface area contributed by atoms with Crippen LogP contribution in [0.15, 0.2) is 60.7 Å². The zero-order valence-electron chi connectivity index (χ0n) is 17.3. The number of rotatable bonds is 8. The van der Waals surface area contributed by atoms with Crippen LogP contribution in [0.4, 0.5) is 5.69 Å². The number of anilines is 1. The Kier molecular flexibility index (Phi) is 6.91. The maximum absolute atomic E-state index is 12.5. The lowest BCUT2D eigenvalue weighted by molar-refractivity contribution is -0.148. The molecule has 0 saturated carbocycles. The Labute approximate surface area is 175 Å². The molecule has 30 heavy (non-hydrogen) atoms. The number of nitrogens with one attached hydrogen (secondary N) is 1. The van der Waals surface area contributed by atoms with E-state index in [1.807, 2.05) is 49.4 Å². The van der Waals surface area contributed by atoms with Crippen molar-refractivity contribution in [3.8, 4) is 11.5 Å². The van der Waals surface area contributed by atoms with Crippen molar-refractivity contribution in [3.63, 3.8) is 0 Å². The molecule has 6 heteroatoms. The molecule has 156 valence electrons. The Morgan fingerprint density at radius 2 is 1.73 bits per heavy atom. The molecule has 0 heterocycles. The second-order valence-electron chi connectivity index (χ2n) is 6.78. The zero-order valence-corrected chi connectivity index (χ0v) is 17.3. The van der Waals surface area contributed by atoms with E-state index in [0.717, 1.165) is 22.1 Å². The van der Waals surface area contributed by atoms with Crippen LogP contribution in [0.1, 0.15) is 25.3 Å². The second-order valence-corrected chi connectivity index (χ2v) is 6.78. The lowest BCUT2D eigenvalue weighted by Crippen LogP contribution is -2.23. The van der Waals surface area contributed by atoms with Gasteiger partial charge < -0.3 is 19.5 Å². The van der Waals surface area contributed by atoms with E-state index in [0.29, 0.717) is 18.0 Å². The number of hydrogen-bond acceptors (Lipinski definition) is 5. The standard InChI is InChI=1S/C24H25NO5/c1-4-29-22-8-6-5-7-21(22)25-23(26)15-30-24(27)16(2)17-9-10-19-14-20(28-3)12-11-18(19)13-17/h5-14,16H,4,15H2,1-3H3,(H,25,26)/t16-/m0/s1. The van der Waals surface area contributed by atoms with Crippen molar-refractivity contribution in [3.05, 3.63) is 66.2 Å². The largest absolute Gasteiger partial charge is 0.497 e. The van der Waals surface area contributed by atoms with Gasteiger partial charge in [-0.25, -0.2) is 0 Å². The van der Waals surface area contributed by atoms with Crippen molar-refractivity contribution < 1.29 is 23.8 Å². The van der Waals surface area contributed by atoms with Crippen LogP contribution in [0.3, 0.4) is 0 Å². The number of benzene rings is 3. The molecule has 0 fully saturated rings. The Morgan fingerprint density at radius 1 is 1.00 bits per heavy atom. The number of carbonyl (C=O) groups is 2. The summed E-state index contributed by atoms with van der Waals surface area (Å²) in [4.78, 5) is 24.7. The van der Waals surface area contributed by atoms with Crippen LogP contribution in [0.2, 0.25) is 0 Å². The summed E-state index contributed by atoms with van der Waals surface area (Å²) in [6.45, 7) is 3.74. The molecule has 6 nitrogen and oxygen atoms in total. The first-order chi connectivity index (χ1) is 14.5. The average molecular weight is 407 g/mol. The Morgan fingerprint density at radius 3 is 2.50 bits per heavy atom.